The fraction of sp³-hybridized carbons (Fsp3) is 0.111. The Morgan fingerprint density at radius 2 is 1.85 bits per heavy atom. The third-order valence-corrected chi connectivity index (χ3v) is 1.44. The number of ether oxygens (including phenoxy) is 1. The predicted molar refractivity (Wildman–Crippen MR) is 47.9 cm³/mol. The highest BCUT2D eigenvalue weighted by atomic mass is 16.5. The van der Waals surface area contributed by atoms with Gasteiger partial charge in [-0.25, -0.2) is 0 Å². The Hall–Kier alpha value is -1.58. The second-order valence-electron chi connectivity index (χ2n) is 2.40. The van der Waals surface area contributed by atoms with Gasteiger partial charge in [0.05, 0.1) is 0 Å². The van der Waals surface area contributed by atoms with Crippen LogP contribution in [0.15, 0.2) is 30.3 Å². The van der Waals surface area contributed by atoms with Crippen LogP contribution in [0.25, 0.3) is 0 Å². The molecule has 0 spiro atoms. The van der Waals surface area contributed by atoms with E-state index in [1.165, 1.54) is 0 Å². The first-order valence-electron chi connectivity index (χ1n) is 3.70. The standard InChI is InChI=1S/C9H7BO3/c10-9(12)13-6-8(11)7-4-2-1-3-5-7/h1-5H,6H2. The number of ketones is 1. The summed E-state index contributed by atoms with van der Waals surface area (Å²) in [7, 11) is 4.71. The highest BCUT2D eigenvalue weighted by Gasteiger charge is 2.05. The van der Waals surface area contributed by atoms with E-state index >= 15 is 0 Å². The highest BCUT2D eigenvalue weighted by molar-refractivity contribution is 6.55. The van der Waals surface area contributed by atoms with Gasteiger partial charge in [0.15, 0.2) is 12.4 Å². The first-order valence-corrected chi connectivity index (χ1v) is 3.70. The minimum atomic E-state index is -0.940. The van der Waals surface area contributed by atoms with E-state index in [2.05, 4.69) is 4.74 Å². The van der Waals surface area contributed by atoms with Crippen molar-refractivity contribution in [2.45, 2.75) is 0 Å². The number of hydrogen-bond acceptors (Lipinski definition) is 3. The van der Waals surface area contributed by atoms with E-state index in [9.17, 15) is 9.59 Å². The average Bonchev–Trinajstić information content (AvgIpc) is 2.15. The van der Waals surface area contributed by atoms with Crippen LogP contribution in [0.3, 0.4) is 0 Å². The quantitative estimate of drug-likeness (QED) is 0.510. The lowest BCUT2D eigenvalue weighted by Crippen LogP contribution is -2.12. The van der Waals surface area contributed by atoms with Crippen molar-refractivity contribution in [3.63, 3.8) is 0 Å². The molecular weight excluding hydrogens is 167 g/mol. The SMILES string of the molecule is [B]C(=O)OCC(=O)c1ccccc1. The van der Waals surface area contributed by atoms with E-state index in [0.29, 0.717) is 5.56 Å². The lowest BCUT2D eigenvalue weighted by molar-refractivity contribution is 0.0876. The molecule has 4 heteroatoms. The Balaban J connectivity index is 2.54. The summed E-state index contributed by atoms with van der Waals surface area (Å²) in [5.41, 5.74) is 0.503. The van der Waals surface area contributed by atoms with Gasteiger partial charge in [0.1, 0.15) is 0 Å². The van der Waals surface area contributed by atoms with Crippen LogP contribution in [-0.2, 0) is 4.74 Å². The molecule has 0 heterocycles. The molecule has 1 aromatic carbocycles. The maximum Gasteiger partial charge on any atom is 0.236 e. The molecular formula is C9H7BO3. The summed E-state index contributed by atoms with van der Waals surface area (Å²) in [4.78, 5) is 21.4. The molecule has 3 nitrogen and oxygen atoms in total. The second-order valence-corrected chi connectivity index (χ2v) is 2.40. The number of rotatable bonds is 3. The fourth-order valence-electron chi connectivity index (χ4n) is 0.844. The lowest BCUT2D eigenvalue weighted by Gasteiger charge is -2.00. The summed E-state index contributed by atoms with van der Waals surface area (Å²) in [6, 6.07) is 8.56. The Morgan fingerprint density at radius 1 is 1.23 bits per heavy atom. The summed E-state index contributed by atoms with van der Waals surface area (Å²) in [6.07, 6.45) is 0. The number of carbonyl (C=O) groups excluding carboxylic acids is 2. The van der Waals surface area contributed by atoms with Crippen LogP contribution in [0.5, 0.6) is 0 Å². The topological polar surface area (TPSA) is 43.4 Å². The van der Waals surface area contributed by atoms with Gasteiger partial charge in [-0.2, -0.15) is 0 Å². The van der Waals surface area contributed by atoms with Gasteiger partial charge < -0.3 is 4.74 Å². The zero-order valence-corrected chi connectivity index (χ0v) is 6.90. The smallest absolute Gasteiger partial charge is 0.236 e. The van der Waals surface area contributed by atoms with Crippen LogP contribution in [-0.4, -0.2) is 26.1 Å². The van der Waals surface area contributed by atoms with Gasteiger partial charge in [-0.1, -0.05) is 30.3 Å². The zero-order valence-electron chi connectivity index (χ0n) is 6.90. The van der Waals surface area contributed by atoms with E-state index in [0.717, 1.165) is 0 Å². The van der Waals surface area contributed by atoms with E-state index in [-0.39, 0.29) is 12.4 Å². The average molecular weight is 174 g/mol. The molecule has 0 aliphatic carbocycles. The summed E-state index contributed by atoms with van der Waals surface area (Å²) < 4.78 is 4.35. The molecule has 2 radical (unpaired) electrons. The second kappa shape index (κ2) is 4.45. The van der Waals surface area contributed by atoms with Gasteiger partial charge in [-0.15, -0.1) is 0 Å². The third-order valence-electron chi connectivity index (χ3n) is 1.44. The minimum Gasteiger partial charge on any atom is -0.466 e. The molecule has 0 bridgehead atoms. The molecule has 1 rings (SSSR count). The number of hydrogen-bond donors (Lipinski definition) is 0. The van der Waals surface area contributed by atoms with Crippen molar-refractivity contribution in [3.05, 3.63) is 35.9 Å². The highest BCUT2D eigenvalue weighted by Crippen LogP contribution is 1.99. The molecule has 0 saturated heterocycles. The summed E-state index contributed by atoms with van der Waals surface area (Å²) in [5.74, 6) is -1.20. The van der Waals surface area contributed by atoms with Crippen molar-refractivity contribution in [1.29, 1.82) is 0 Å². The zero-order chi connectivity index (χ0) is 9.68. The Bertz CT molecular complexity index is 308. The largest absolute Gasteiger partial charge is 0.466 e. The summed E-state index contributed by atoms with van der Waals surface area (Å²) in [5, 5.41) is 0. The summed E-state index contributed by atoms with van der Waals surface area (Å²) in [6.45, 7) is -0.306. The van der Waals surface area contributed by atoms with E-state index in [4.69, 9.17) is 7.85 Å². The Labute approximate surface area is 77.1 Å². The van der Waals surface area contributed by atoms with Gasteiger partial charge in [0.2, 0.25) is 13.7 Å². The lowest BCUT2D eigenvalue weighted by atomic mass is 10.1. The fourth-order valence-corrected chi connectivity index (χ4v) is 0.844. The van der Waals surface area contributed by atoms with Crippen LogP contribution in [0, 0.1) is 0 Å². The maximum absolute atomic E-state index is 11.2. The van der Waals surface area contributed by atoms with Gasteiger partial charge in [-0.3, -0.25) is 9.59 Å². The molecule has 0 fully saturated rings. The molecule has 0 N–H and O–H groups in total. The van der Waals surface area contributed by atoms with Crippen molar-refractivity contribution in [2.75, 3.05) is 6.61 Å². The number of benzene rings is 1. The van der Waals surface area contributed by atoms with Crippen LogP contribution < -0.4 is 0 Å². The Morgan fingerprint density at radius 3 is 2.38 bits per heavy atom. The molecule has 13 heavy (non-hydrogen) atoms. The van der Waals surface area contributed by atoms with E-state index in [1.807, 2.05) is 0 Å². The first-order chi connectivity index (χ1) is 6.20. The maximum atomic E-state index is 11.2. The monoisotopic (exact) mass is 174 g/mol. The van der Waals surface area contributed by atoms with Gasteiger partial charge in [-0.05, 0) is 0 Å². The van der Waals surface area contributed by atoms with E-state index in [1.54, 1.807) is 30.3 Å². The van der Waals surface area contributed by atoms with E-state index < -0.39 is 5.87 Å². The van der Waals surface area contributed by atoms with Crippen LogP contribution in [0.1, 0.15) is 10.4 Å². The molecule has 0 aromatic heterocycles. The molecule has 0 amide bonds. The van der Waals surface area contributed by atoms with Crippen LogP contribution in [0.2, 0.25) is 0 Å². The van der Waals surface area contributed by atoms with Gasteiger partial charge in [0, 0.05) is 5.56 Å². The molecule has 0 aliphatic heterocycles. The van der Waals surface area contributed by atoms with Crippen LogP contribution >= 0.6 is 0 Å². The number of carbonyl (C=O) groups is 2. The molecule has 0 atom stereocenters. The summed E-state index contributed by atoms with van der Waals surface area (Å²) >= 11 is 0. The minimum absolute atomic E-state index is 0.264. The van der Waals surface area contributed by atoms with Crippen molar-refractivity contribution < 1.29 is 14.3 Å². The van der Waals surface area contributed by atoms with Crippen LogP contribution in [0.4, 0.5) is 4.79 Å². The Kier molecular flexibility index (Phi) is 3.26. The van der Waals surface area contributed by atoms with Crippen molar-refractivity contribution in [1.82, 2.24) is 0 Å². The molecule has 0 aliphatic rings. The molecule has 0 unspecified atom stereocenters. The van der Waals surface area contributed by atoms with Gasteiger partial charge in [0.25, 0.3) is 0 Å². The first kappa shape index (κ1) is 9.51. The molecule has 64 valence electrons. The molecule has 1 aromatic rings. The normalized spacial score (nSPS) is 9.23. The third kappa shape index (κ3) is 3.11. The number of Topliss-reactive ketones (excluding diaryl/α,β-unsaturated/α-hetero) is 1. The predicted octanol–water partition coefficient (Wildman–Crippen LogP) is 1.17. The van der Waals surface area contributed by atoms with Gasteiger partial charge >= 0.3 is 0 Å². The van der Waals surface area contributed by atoms with Crippen molar-refractivity contribution in [2.24, 2.45) is 0 Å². The van der Waals surface area contributed by atoms with Crippen molar-refractivity contribution in [3.8, 4) is 0 Å². The molecule has 0 saturated carbocycles. The van der Waals surface area contributed by atoms with Crippen molar-refractivity contribution >= 4 is 19.5 Å².